The molecule has 1 amide bonds. The molecule has 1 aliphatic heterocycles. The minimum Gasteiger partial charge on any atom is -0.481 e. The summed E-state index contributed by atoms with van der Waals surface area (Å²) < 4.78 is 11.2. The molecule has 7 nitrogen and oxygen atoms in total. The summed E-state index contributed by atoms with van der Waals surface area (Å²) >= 11 is 0. The van der Waals surface area contributed by atoms with Crippen molar-refractivity contribution in [3.63, 3.8) is 0 Å². The lowest BCUT2D eigenvalue weighted by Crippen LogP contribution is -2.46. The van der Waals surface area contributed by atoms with Crippen LogP contribution >= 0.6 is 0 Å². The van der Waals surface area contributed by atoms with Gasteiger partial charge in [0, 0.05) is 31.5 Å². The van der Waals surface area contributed by atoms with E-state index in [4.69, 9.17) is 14.3 Å². The molecule has 0 radical (unpaired) electrons. The lowest BCUT2D eigenvalue weighted by Gasteiger charge is -2.32. The molecular formula is C19H22N2O5. The number of carboxylic acid groups (broad SMARTS) is 1. The largest absolute Gasteiger partial charge is 0.481 e. The van der Waals surface area contributed by atoms with Crippen LogP contribution in [0.1, 0.15) is 24.4 Å². The Morgan fingerprint density at radius 3 is 2.81 bits per heavy atom. The van der Waals surface area contributed by atoms with Crippen LogP contribution in [0.25, 0.3) is 11.3 Å². The molecular weight excluding hydrogens is 336 g/mol. The van der Waals surface area contributed by atoms with Gasteiger partial charge in [-0.25, -0.2) is 4.98 Å². The van der Waals surface area contributed by atoms with Gasteiger partial charge in [0.1, 0.15) is 0 Å². The molecule has 2 aromatic rings. The minimum absolute atomic E-state index is 0.0409. The molecule has 1 fully saturated rings. The van der Waals surface area contributed by atoms with E-state index in [9.17, 15) is 9.59 Å². The number of rotatable bonds is 6. The van der Waals surface area contributed by atoms with Crippen LogP contribution in [0.4, 0.5) is 0 Å². The first-order chi connectivity index (χ1) is 12.5. The Morgan fingerprint density at radius 1 is 1.31 bits per heavy atom. The van der Waals surface area contributed by atoms with E-state index in [0.717, 1.165) is 17.0 Å². The number of morpholine rings is 1. The highest BCUT2D eigenvalue weighted by Crippen LogP contribution is 2.24. The predicted octanol–water partition coefficient (Wildman–Crippen LogP) is 2.28. The zero-order valence-electron chi connectivity index (χ0n) is 14.7. The normalized spacial score (nSPS) is 17.3. The van der Waals surface area contributed by atoms with Gasteiger partial charge in [-0.1, -0.05) is 30.3 Å². The molecule has 1 saturated heterocycles. The average Bonchev–Trinajstić information content (AvgIpc) is 3.01. The first-order valence-electron chi connectivity index (χ1n) is 8.66. The number of carbonyl (C=O) groups is 2. The quantitative estimate of drug-likeness (QED) is 0.852. The summed E-state index contributed by atoms with van der Waals surface area (Å²) in [5.41, 5.74) is 1.76. The van der Waals surface area contributed by atoms with Gasteiger partial charge in [0.05, 0.1) is 24.8 Å². The van der Waals surface area contributed by atoms with E-state index in [-0.39, 0.29) is 18.7 Å². The van der Waals surface area contributed by atoms with E-state index in [2.05, 4.69) is 4.98 Å². The summed E-state index contributed by atoms with van der Waals surface area (Å²) in [6.45, 7) is 3.04. The molecule has 1 aliphatic rings. The third-order valence-corrected chi connectivity index (χ3v) is 4.32. The number of amides is 1. The van der Waals surface area contributed by atoms with Crippen LogP contribution in [0.2, 0.25) is 0 Å². The lowest BCUT2D eigenvalue weighted by molar-refractivity contribution is -0.147. The fourth-order valence-corrected chi connectivity index (χ4v) is 3.05. The Bertz CT molecular complexity index is 771. The number of aryl methyl sites for hydroxylation is 2. The van der Waals surface area contributed by atoms with Gasteiger partial charge in [0.25, 0.3) is 0 Å². The Morgan fingerprint density at radius 2 is 2.08 bits per heavy atom. The number of aliphatic carboxylic acids is 1. The van der Waals surface area contributed by atoms with Gasteiger partial charge in [-0.2, -0.15) is 0 Å². The van der Waals surface area contributed by atoms with E-state index in [1.807, 2.05) is 37.3 Å². The molecule has 138 valence electrons. The van der Waals surface area contributed by atoms with Crippen molar-refractivity contribution in [2.45, 2.75) is 32.3 Å². The van der Waals surface area contributed by atoms with Crippen LogP contribution in [0, 0.1) is 6.92 Å². The summed E-state index contributed by atoms with van der Waals surface area (Å²) in [7, 11) is 0. The summed E-state index contributed by atoms with van der Waals surface area (Å²) in [5, 5.41) is 8.86. The fourth-order valence-electron chi connectivity index (χ4n) is 3.05. The Hall–Kier alpha value is -2.67. The molecule has 0 saturated carbocycles. The van der Waals surface area contributed by atoms with Gasteiger partial charge >= 0.3 is 5.97 Å². The highest BCUT2D eigenvalue weighted by Gasteiger charge is 2.26. The maximum absolute atomic E-state index is 12.4. The van der Waals surface area contributed by atoms with Crippen LogP contribution in [0.5, 0.6) is 0 Å². The number of nitrogens with zero attached hydrogens (tertiary/aromatic N) is 2. The van der Waals surface area contributed by atoms with Crippen LogP contribution in [0.15, 0.2) is 34.7 Å². The number of hydrogen-bond donors (Lipinski definition) is 1. The second kappa shape index (κ2) is 8.14. The van der Waals surface area contributed by atoms with Crippen molar-refractivity contribution in [1.29, 1.82) is 0 Å². The van der Waals surface area contributed by atoms with Crippen molar-refractivity contribution in [1.82, 2.24) is 9.88 Å². The third kappa shape index (κ3) is 4.49. The maximum Gasteiger partial charge on any atom is 0.306 e. The zero-order chi connectivity index (χ0) is 18.5. The van der Waals surface area contributed by atoms with E-state index in [0.29, 0.717) is 32.0 Å². The predicted molar refractivity (Wildman–Crippen MR) is 93.6 cm³/mol. The molecule has 1 atom stereocenters. The minimum atomic E-state index is -0.923. The highest BCUT2D eigenvalue weighted by atomic mass is 16.5. The van der Waals surface area contributed by atoms with Crippen molar-refractivity contribution in [2.75, 3.05) is 19.7 Å². The van der Waals surface area contributed by atoms with E-state index < -0.39 is 12.1 Å². The number of hydrogen-bond acceptors (Lipinski definition) is 5. The third-order valence-electron chi connectivity index (χ3n) is 4.32. The van der Waals surface area contributed by atoms with Gasteiger partial charge < -0.3 is 19.2 Å². The molecule has 7 heteroatoms. The first-order valence-corrected chi connectivity index (χ1v) is 8.66. The number of aromatic nitrogens is 1. The second-order valence-electron chi connectivity index (χ2n) is 6.32. The first kappa shape index (κ1) is 18.1. The number of carboxylic acids is 1. The molecule has 26 heavy (non-hydrogen) atoms. The number of carbonyl (C=O) groups excluding carboxylic acids is 1. The van der Waals surface area contributed by atoms with Crippen molar-refractivity contribution < 1.29 is 23.8 Å². The summed E-state index contributed by atoms with van der Waals surface area (Å²) in [4.78, 5) is 29.3. The highest BCUT2D eigenvalue weighted by molar-refractivity contribution is 5.76. The standard InChI is InChI=1S/C19H22N2O5/c1-13-19(14-5-3-2-4-6-14)26-16(20-13)7-8-17(22)21-9-10-25-15(12-21)11-18(23)24/h2-6,15H,7-12H2,1H3,(H,23,24)/t15-/m1/s1. The van der Waals surface area contributed by atoms with Crippen LogP contribution in [-0.4, -0.2) is 52.7 Å². The van der Waals surface area contributed by atoms with Crippen molar-refractivity contribution in [3.05, 3.63) is 41.9 Å². The number of oxazole rings is 1. The Balaban J connectivity index is 1.57. The zero-order valence-corrected chi connectivity index (χ0v) is 14.7. The molecule has 0 bridgehead atoms. The average molecular weight is 358 g/mol. The number of benzene rings is 1. The van der Waals surface area contributed by atoms with Gasteiger partial charge in [-0.05, 0) is 6.92 Å². The molecule has 2 heterocycles. The molecule has 0 unspecified atom stereocenters. The van der Waals surface area contributed by atoms with Crippen LogP contribution in [-0.2, 0) is 20.7 Å². The topological polar surface area (TPSA) is 92.9 Å². The van der Waals surface area contributed by atoms with E-state index in [1.54, 1.807) is 4.90 Å². The molecule has 0 aliphatic carbocycles. The Labute approximate surface area is 151 Å². The number of ether oxygens (including phenoxy) is 1. The second-order valence-corrected chi connectivity index (χ2v) is 6.32. The van der Waals surface area contributed by atoms with Crippen LogP contribution < -0.4 is 0 Å². The smallest absolute Gasteiger partial charge is 0.306 e. The van der Waals surface area contributed by atoms with E-state index in [1.165, 1.54) is 0 Å². The van der Waals surface area contributed by atoms with Gasteiger partial charge in [0.15, 0.2) is 11.7 Å². The fraction of sp³-hybridized carbons (Fsp3) is 0.421. The van der Waals surface area contributed by atoms with Gasteiger partial charge in [-0.15, -0.1) is 0 Å². The summed E-state index contributed by atoms with van der Waals surface area (Å²) in [6.07, 6.45) is 0.142. The Kier molecular flexibility index (Phi) is 5.68. The van der Waals surface area contributed by atoms with Crippen molar-refractivity contribution >= 4 is 11.9 Å². The van der Waals surface area contributed by atoms with Gasteiger partial charge in [-0.3, -0.25) is 9.59 Å². The molecule has 1 aromatic carbocycles. The maximum atomic E-state index is 12.4. The SMILES string of the molecule is Cc1nc(CCC(=O)N2CCO[C@H](CC(=O)O)C2)oc1-c1ccccc1. The monoisotopic (exact) mass is 358 g/mol. The molecule has 1 aromatic heterocycles. The van der Waals surface area contributed by atoms with E-state index >= 15 is 0 Å². The van der Waals surface area contributed by atoms with Gasteiger partial charge in [0.2, 0.25) is 5.91 Å². The molecule has 0 spiro atoms. The molecule has 1 N–H and O–H groups in total. The van der Waals surface area contributed by atoms with Crippen molar-refractivity contribution in [3.8, 4) is 11.3 Å². The van der Waals surface area contributed by atoms with Crippen LogP contribution in [0.3, 0.4) is 0 Å². The molecule has 3 rings (SSSR count). The lowest BCUT2D eigenvalue weighted by atomic mass is 10.1. The summed E-state index contributed by atoms with van der Waals surface area (Å²) in [6, 6.07) is 9.73. The van der Waals surface area contributed by atoms with Crippen molar-refractivity contribution in [2.24, 2.45) is 0 Å². The summed E-state index contributed by atoms with van der Waals surface area (Å²) in [5.74, 6) is 0.291.